The van der Waals surface area contributed by atoms with E-state index in [2.05, 4.69) is 60.7 Å². The van der Waals surface area contributed by atoms with Gasteiger partial charge >= 0.3 is 8.80 Å². The molecule has 0 amide bonds. The number of rotatable bonds is 20. The van der Waals surface area contributed by atoms with Crippen molar-refractivity contribution >= 4 is 17.1 Å². The Kier molecular flexibility index (Phi) is 17.0. The summed E-state index contributed by atoms with van der Waals surface area (Å²) < 4.78 is 25.9. The number of hydrogen-bond donors (Lipinski definition) is 1. The summed E-state index contributed by atoms with van der Waals surface area (Å²) >= 11 is 0. The fraction of sp³-hybridized carbons (Fsp3) is 1.00. The van der Waals surface area contributed by atoms with Gasteiger partial charge in [0.15, 0.2) is 0 Å². The summed E-state index contributed by atoms with van der Waals surface area (Å²) in [6.45, 7) is 20.7. The summed E-state index contributed by atoms with van der Waals surface area (Å²) in [7, 11) is -4.75. The Morgan fingerprint density at radius 1 is 0.552 bits per heavy atom. The van der Waals surface area contributed by atoms with E-state index in [1.807, 2.05) is 0 Å². The molecule has 0 bridgehead atoms. The van der Waals surface area contributed by atoms with Crippen LogP contribution in [0.25, 0.3) is 0 Å². The van der Waals surface area contributed by atoms with Crippen LogP contribution in [0.5, 0.6) is 0 Å². The summed E-state index contributed by atoms with van der Waals surface area (Å²) in [6, 6.07) is 2.25. The average Bonchev–Trinajstić information content (AvgIpc) is 2.76. The first-order chi connectivity index (χ1) is 14.0. The highest BCUT2D eigenvalue weighted by atomic mass is 28.4. The summed E-state index contributed by atoms with van der Waals surface area (Å²) in [5.41, 5.74) is 0.480. The van der Waals surface area contributed by atoms with Gasteiger partial charge in [0.25, 0.3) is 0 Å². The molecule has 2 atom stereocenters. The first-order valence-corrected chi connectivity index (χ1v) is 16.5. The van der Waals surface area contributed by atoms with Crippen LogP contribution in [0.3, 0.4) is 0 Å². The van der Waals surface area contributed by atoms with Crippen molar-refractivity contribution in [3.63, 3.8) is 0 Å². The molecule has 2 unspecified atom stereocenters. The Balaban J connectivity index is 5.82. The predicted molar refractivity (Wildman–Crippen MR) is 129 cm³/mol. The summed E-state index contributed by atoms with van der Waals surface area (Å²) in [6.07, 6.45) is 5.97. The SMILES string of the molecule is CCCO[Si](CC)(CC)C(CC)NC(CC)[Si](OCCC)(OCCC)OCCC. The van der Waals surface area contributed by atoms with Gasteiger partial charge in [0, 0.05) is 32.1 Å². The zero-order valence-corrected chi connectivity index (χ0v) is 22.8. The molecule has 0 aromatic rings. The summed E-state index contributed by atoms with van der Waals surface area (Å²) in [5, 5.41) is 4.00. The quantitative estimate of drug-likeness (QED) is 0.236. The fourth-order valence-electron chi connectivity index (χ4n) is 3.87. The van der Waals surface area contributed by atoms with Crippen LogP contribution in [0.2, 0.25) is 12.1 Å². The highest BCUT2D eigenvalue weighted by molar-refractivity contribution is 6.75. The fourth-order valence-corrected chi connectivity index (χ4v) is 11.2. The van der Waals surface area contributed by atoms with Crippen LogP contribution >= 0.6 is 0 Å². The molecule has 5 nitrogen and oxygen atoms in total. The van der Waals surface area contributed by atoms with Crippen molar-refractivity contribution in [2.45, 2.75) is 117 Å². The third-order valence-electron chi connectivity index (χ3n) is 5.59. The molecular formula is C22H51NO4Si2. The summed E-state index contributed by atoms with van der Waals surface area (Å²) in [4.78, 5) is 0. The van der Waals surface area contributed by atoms with Crippen LogP contribution in [-0.2, 0) is 17.7 Å². The molecule has 0 fully saturated rings. The molecule has 0 aromatic carbocycles. The Labute approximate surface area is 184 Å². The van der Waals surface area contributed by atoms with Crippen molar-refractivity contribution in [2.24, 2.45) is 0 Å². The van der Waals surface area contributed by atoms with Crippen molar-refractivity contribution in [1.29, 1.82) is 0 Å². The molecule has 0 saturated carbocycles. The lowest BCUT2D eigenvalue weighted by molar-refractivity contribution is 0.0452. The lowest BCUT2D eigenvalue weighted by Gasteiger charge is -2.43. The molecule has 0 aliphatic heterocycles. The Morgan fingerprint density at radius 2 is 0.931 bits per heavy atom. The van der Waals surface area contributed by atoms with E-state index in [9.17, 15) is 0 Å². The second-order valence-electron chi connectivity index (χ2n) is 7.86. The van der Waals surface area contributed by atoms with Crippen LogP contribution in [0.15, 0.2) is 0 Å². The number of hydrogen-bond acceptors (Lipinski definition) is 5. The molecule has 0 aliphatic rings. The maximum absolute atomic E-state index is 6.60. The smallest absolute Gasteiger partial charge is 0.415 e. The van der Waals surface area contributed by atoms with Gasteiger partial charge in [0.2, 0.25) is 8.32 Å². The Morgan fingerprint density at radius 3 is 1.24 bits per heavy atom. The molecule has 0 heterocycles. The van der Waals surface area contributed by atoms with Crippen molar-refractivity contribution in [1.82, 2.24) is 5.32 Å². The maximum atomic E-state index is 6.60. The Bertz CT molecular complexity index is 362. The van der Waals surface area contributed by atoms with Crippen LogP contribution in [-0.4, -0.2) is 54.9 Å². The van der Waals surface area contributed by atoms with Gasteiger partial charge in [-0.2, -0.15) is 0 Å². The molecule has 7 heteroatoms. The molecule has 0 rings (SSSR count). The lowest BCUT2D eigenvalue weighted by Crippen LogP contribution is -2.68. The third kappa shape index (κ3) is 9.09. The first kappa shape index (κ1) is 29.2. The van der Waals surface area contributed by atoms with Gasteiger partial charge in [-0.05, 0) is 50.6 Å². The second kappa shape index (κ2) is 16.9. The topological polar surface area (TPSA) is 49.0 Å². The summed E-state index contributed by atoms with van der Waals surface area (Å²) in [5.74, 6) is 0. The highest BCUT2D eigenvalue weighted by Gasteiger charge is 2.51. The molecule has 1 N–H and O–H groups in total. The van der Waals surface area contributed by atoms with E-state index in [4.69, 9.17) is 17.7 Å². The molecular weight excluding hydrogens is 398 g/mol. The van der Waals surface area contributed by atoms with E-state index in [1.165, 1.54) is 0 Å². The molecule has 176 valence electrons. The van der Waals surface area contributed by atoms with Crippen LogP contribution in [0, 0.1) is 0 Å². The van der Waals surface area contributed by atoms with Gasteiger partial charge in [-0.25, -0.2) is 0 Å². The van der Waals surface area contributed by atoms with Crippen molar-refractivity contribution in [3.05, 3.63) is 0 Å². The zero-order valence-electron chi connectivity index (χ0n) is 20.8. The molecule has 0 spiro atoms. The van der Waals surface area contributed by atoms with E-state index in [0.717, 1.165) is 57.2 Å². The Hall–Kier alpha value is 0.234. The minimum Gasteiger partial charge on any atom is -0.415 e. The van der Waals surface area contributed by atoms with Gasteiger partial charge in [-0.3, -0.25) is 0 Å². The molecule has 0 aromatic heterocycles. The molecule has 0 aliphatic carbocycles. The maximum Gasteiger partial charge on any atom is 0.518 e. The van der Waals surface area contributed by atoms with E-state index in [-0.39, 0.29) is 5.67 Å². The minimum atomic E-state index is -2.85. The zero-order chi connectivity index (χ0) is 22.2. The van der Waals surface area contributed by atoms with Crippen LogP contribution < -0.4 is 5.32 Å². The lowest BCUT2D eigenvalue weighted by atomic mass is 10.4. The number of nitrogens with one attached hydrogen (secondary N) is 1. The van der Waals surface area contributed by atoms with E-state index in [0.29, 0.717) is 25.5 Å². The third-order valence-corrected chi connectivity index (χ3v) is 13.9. The van der Waals surface area contributed by atoms with Gasteiger partial charge < -0.3 is 23.0 Å². The second-order valence-corrected chi connectivity index (χ2v) is 15.2. The van der Waals surface area contributed by atoms with E-state index >= 15 is 0 Å². The van der Waals surface area contributed by atoms with Crippen LogP contribution in [0.4, 0.5) is 0 Å². The molecule has 0 radical (unpaired) electrons. The largest absolute Gasteiger partial charge is 0.518 e. The monoisotopic (exact) mass is 449 g/mol. The van der Waals surface area contributed by atoms with Crippen molar-refractivity contribution in [3.8, 4) is 0 Å². The average molecular weight is 450 g/mol. The van der Waals surface area contributed by atoms with Crippen molar-refractivity contribution in [2.75, 3.05) is 26.4 Å². The molecule has 0 saturated heterocycles. The van der Waals surface area contributed by atoms with Crippen LogP contribution in [0.1, 0.15) is 93.9 Å². The first-order valence-electron chi connectivity index (χ1n) is 12.3. The van der Waals surface area contributed by atoms with Gasteiger partial charge in [-0.1, -0.05) is 55.4 Å². The van der Waals surface area contributed by atoms with Gasteiger partial charge in [0.05, 0.1) is 5.67 Å². The van der Waals surface area contributed by atoms with E-state index in [1.54, 1.807) is 0 Å². The van der Waals surface area contributed by atoms with Gasteiger partial charge in [-0.15, -0.1) is 0 Å². The van der Waals surface area contributed by atoms with Gasteiger partial charge in [0.1, 0.15) is 0 Å². The highest BCUT2D eigenvalue weighted by Crippen LogP contribution is 2.27. The van der Waals surface area contributed by atoms with Crippen molar-refractivity contribution < 1.29 is 17.7 Å². The predicted octanol–water partition coefficient (Wildman–Crippen LogP) is 5.84. The standard InChI is InChI=1S/C22H51NO4Si2/c1-9-17-24-28(15-7,16-8)21(13-5)23-22(14-6)29(25-18-10-2,26-19-11-3)27-20-12-4/h21-23H,9-20H2,1-8H3. The normalized spacial score (nSPS) is 14.9. The van der Waals surface area contributed by atoms with E-state index < -0.39 is 17.1 Å². The minimum absolute atomic E-state index is 0.104. The molecule has 29 heavy (non-hydrogen) atoms.